The van der Waals surface area contributed by atoms with Crippen molar-refractivity contribution in [3.8, 4) is 0 Å². The summed E-state index contributed by atoms with van der Waals surface area (Å²) in [6, 6.07) is 13.5. The Balaban J connectivity index is 1.39. The highest BCUT2D eigenvalue weighted by molar-refractivity contribution is 7.19. The highest BCUT2D eigenvalue weighted by atomic mass is 32.1. The van der Waals surface area contributed by atoms with E-state index in [1.54, 1.807) is 41.9 Å². The van der Waals surface area contributed by atoms with Crippen molar-refractivity contribution >= 4 is 54.4 Å². The number of nitrogens with one attached hydrogen (secondary N) is 2. The van der Waals surface area contributed by atoms with Crippen LogP contribution in [-0.4, -0.2) is 50.6 Å². The second kappa shape index (κ2) is 11.3. The summed E-state index contributed by atoms with van der Waals surface area (Å²) in [5, 5.41) is 9.83. The van der Waals surface area contributed by atoms with E-state index in [1.165, 1.54) is 0 Å². The van der Waals surface area contributed by atoms with Gasteiger partial charge in [0.1, 0.15) is 6.67 Å². The topological polar surface area (TPSA) is 58.2 Å². The minimum Gasteiger partial charge on any atom is -0.310 e. The Bertz CT molecular complexity index is 1300. The minimum absolute atomic E-state index is 0.124. The van der Waals surface area contributed by atoms with Gasteiger partial charge in [0.15, 0.2) is 11.6 Å². The van der Waals surface area contributed by atoms with Crippen molar-refractivity contribution in [2.24, 2.45) is 0 Å². The lowest BCUT2D eigenvalue weighted by molar-refractivity contribution is 0.0924. The molecule has 2 heterocycles. The highest BCUT2D eigenvalue weighted by Gasteiger charge is 2.21. The van der Waals surface area contributed by atoms with Crippen molar-refractivity contribution in [1.82, 2.24) is 10.6 Å². The first-order valence-electron chi connectivity index (χ1n) is 11.1. The third kappa shape index (κ3) is 5.41. The zero-order valence-corrected chi connectivity index (χ0v) is 20.4. The zero-order chi connectivity index (χ0) is 24.1. The van der Waals surface area contributed by atoms with Crippen molar-refractivity contribution in [1.29, 1.82) is 0 Å². The molecule has 2 N–H and O–H groups in total. The van der Waals surface area contributed by atoms with Gasteiger partial charge >= 0.3 is 0 Å². The number of likely N-dealkylation sites (N-methyl/N-ethyl adjacent to an activating group) is 1. The summed E-state index contributed by atoms with van der Waals surface area (Å²) in [4.78, 5) is 26.5. The van der Waals surface area contributed by atoms with Crippen LogP contribution in [0.5, 0.6) is 0 Å². The molecule has 4 nitrogen and oxygen atoms in total. The molecule has 0 aliphatic heterocycles. The number of fused-ring (bicyclic) bond motifs is 2. The van der Waals surface area contributed by atoms with Gasteiger partial charge in [-0.25, -0.2) is 4.39 Å². The monoisotopic (exact) mass is 500 g/mol. The number of alkyl halides is 2. The maximum atomic E-state index is 13.7. The van der Waals surface area contributed by atoms with Crippen LogP contribution in [0.25, 0.3) is 20.2 Å². The van der Waals surface area contributed by atoms with Gasteiger partial charge in [0.25, 0.3) is 0 Å². The summed E-state index contributed by atoms with van der Waals surface area (Å²) < 4.78 is 28.5. The molecular formula is C26H26F2N2O2S2. The first-order valence-corrected chi connectivity index (χ1v) is 12.8. The average molecular weight is 501 g/mol. The quantitative estimate of drug-likeness (QED) is 0.249. The van der Waals surface area contributed by atoms with Crippen molar-refractivity contribution in [3.05, 3.63) is 69.9 Å². The van der Waals surface area contributed by atoms with E-state index < -0.39 is 25.4 Å². The van der Waals surface area contributed by atoms with Gasteiger partial charge in [-0.3, -0.25) is 14.0 Å². The molecule has 0 spiro atoms. The van der Waals surface area contributed by atoms with Crippen molar-refractivity contribution < 1.29 is 18.4 Å². The van der Waals surface area contributed by atoms with Crippen molar-refractivity contribution in [2.75, 3.05) is 26.9 Å². The van der Waals surface area contributed by atoms with E-state index in [2.05, 4.69) is 10.6 Å². The standard InChI is InChI=1S/C26H26F2N2O2S2/c1-29-21(6-9-27)25(31)18-3-5-24-19(13-18)14-20(34-24)7-10-30-22(15-28)26(32)17-2-4-23-16(12-17)8-11-33-23/h2-5,8,11-14,21-22,29-30H,6-7,9-10,15H2,1H3. The number of halogens is 2. The molecule has 2 atom stereocenters. The molecule has 8 heteroatoms. The molecule has 2 aromatic carbocycles. The molecule has 0 fully saturated rings. The van der Waals surface area contributed by atoms with E-state index in [0.717, 1.165) is 25.0 Å². The van der Waals surface area contributed by atoms with Crippen LogP contribution < -0.4 is 10.6 Å². The van der Waals surface area contributed by atoms with Crippen LogP contribution in [-0.2, 0) is 6.42 Å². The number of thiophene rings is 2. The third-order valence-electron chi connectivity index (χ3n) is 5.88. The van der Waals surface area contributed by atoms with E-state index in [9.17, 15) is 18.4 Å². The van der Waals surface area contributed by atoms with E-state index >= 15 is 0 Å². The van der Waals surface area contributed by atoms with E-state index in [-0.39, 0.29) is 18.0 Å². The van der Waals surface area contributed by atoms with Gasteiger partial charge in [-0.1, -0.05) is 0 Å². The van der Waals surface area contributed by atoms with Crippen LogP contribution >= 0.6 is 22.7 Å². The van der Waals surface area contributed by atoms with Gasteiger partial charge in [0, 0.05) is 31.9 Å². The Hall–Kier alpha value is -2.52. The summed E-state index contributed by atoms with van der Waals surface area (Å²) in [5.41, 5.74) is 1.06. The normalized spacial score (nSPS) is 13.4. The first-order chi connectivity index (χ1) is 16.5. The molecular weight excluding hydrogens is 474 g/mol. The molecule has 4 rings (SSSR count). The summed E-state index contributed by atoms with van der Waals surface area (Å²) in [6.45, 7) is -0.873. The molecule has 0 radical (unpaired) electrons. The molecule has 0 aliphatic carbocycles. The molecule has 0 saturated heterocycles. The lowest BCUT2D eigenvalue weighted by atomic mass is 10.0. The number of hydrogen-bond donors (Lipinski definition) is 2. The molecule has 0 aliphatic rings. The smallest absolute Gasteiger partial charge is 0.182 e. The second-order valence-corrected chi connectivity index (χ2v) is 10.2. The van der Waals surface area contributed by atoms with Crippen LogP contribution in [0.3, 0.4) is 0 Å². The van der Waals surface area contributed by atoms with Crippen molar-refractivity contribution in [2.45, 2.75) is 24.9 Å². The van der Waals surface area contributed by atoms with Crippen LogP contribution in [0.2, 0.25) is 0 Å². The van der Waals surface area contributed by atoms with Crippen LogP contribution in [0.4, 0.5) is 8.78 Å². The summed E-state index contributed by atoms with van der Waals surface area (Å²) >= 11 is 3.21. The van der Waals surface area contributed by atoms with Gasteiger partial charge in [0.2, 0.25) is 0 Å². The Morgan fingerprint density at radius 3 is 2.32 bits per heavy atom. The number of benzene rings is 2. The lowest BCUT2D eigenvalue weighted by Gasteiger charge is -2.14. The molecule has 0 amide bonds. The third-order valence-corrected chi connectivity index (χ3v) is 7.96. The number of hydrogen-bond acceptors (Lipinski definition) is 6. The fraction of sp³-hybridized carbons (Fsp3) is 0.308. The molecule has 2 aromatic heterocycles. The molecule has 2 unspecified atom stereocenters. The van der Waals surface area contributed by atoms with E-state index in [4.69, 9.17) is 0 Å². The fourth-order valence-corrected chi connectivity index (χ4v) is 5.81. The number of carbonyl (C=O) groups excluding carboxylic acids is 2. The van der Waals surface area contributed by atoms with E-state index in [0.29, 0.717) is 24.1 Å². The maximum absolute atomic E-state index is 13.7. The molecule has 0 saturated carbocycles. The van der Waals surface area contributed by atoms with Crippen LogP contribution in [0, 0.1) is 0 Å². The Kier molecular flexibility index (Phi) is 8.15. The number of carbonyl (C=O) groups is 2. The predicted octanol–water partition coefficient (Wildman–Crippen LogP) is 5.60. The lowest BCUT2D eigenvalue weighted by Crippen LogP contribution is -2.39. The Labute approximate surface area is 205 Å². The average Bonchev–Trinajstić information content (AvgIpc) is 3.49. The SMILES string of the molecule is CNC(CCF)C(=O)c1ccc2sc(CCNC(CF)C(=O)c3ccc4sccc4c3)cc2c1. The zero-order valence-electron chi connectivity index (χ0n) is 18.8. The Morgan fingerprint density at radius 2 is 1.62 bits per heavy atom. The number of Topliss-reactive ketones (excluding diaryl/α,β-unsaturated/α-hetero) is 2. The molecule has 178 valence electrons. The van der Waals surface area contributed by atoms with Gasteiger partial charge in [-0.2, -0.15) is 0 Å². The van der Waals surface area contributed by atoms with Gasteiger partial charge in [0.05, 0.1) is 18.8 Å². The molecule has 34 heavy (non-hydrogen) atoms. The maximum Gasteiger partial charge on any atom is 0.182 e. The van der Waals surface area contributed by atoms with Crippen molar-refractivity contribution in [3.63, 3.8) is 0 Å². The second-order valence-electron chi connectivity index (χ2n) is 8.10. The summed E-state index contributed by atoms with van der Waals surface area (Å²) in [7, 11) is 1.66. The van der Waals surface area contributed by atoms with Crippen LogP contribution in [0.1, 0.15) is 32.0 Å². The van der Waals surface area contributed by atoms with Gasteiger partial charge in [-0.15, -0.1) is 22.7 Å². The fourth-order valence-electron chi connectivity index (χ4n) is 4.00. The number of ketones is 2. The summed E-state index contributed by atoms with van der Waals surface area (Å²) in [6.07, 6.45) is 0.778. The van der Waals surface area contributed by atoms with E-state index in [1.807, 2.05) is 41.8 Å². The van der Waals surface area contributed by atoms with Gasteiger partial charge in [-0.05, 0) is 84.6 Å². The minimum atomic E-state index is -0.885. The molecule has 0 bridgehead atoms. The van der Waals surface area contributed by atoms with Gasteiger partial charge < -0.3 is 10.6 Å². The van der Waals surface area contributed by atoms with Crippen LogP contribution in [0.15, 0.2) is 53.9 Å². The number of rotatable bonds is 12. The summed E-state index contributed by atoms with van der Waals surface area (Å²) in [5.74, 6) is -0.371. The molecule has 4 aromatic rings. The Morgan fingerprint density at radius 1 is 0.912 bits per heavy atom. The largest absolute Gasteiger partial charge is 0.310 e. The predicted molar refractivity (Wildman–Crippen MR) is 137 cm³/mol. The first kappa shape index (κ1) is 24.6. The highest BCUT2D eigenvalue weighted by Crippen LogP contribution is 2.28.